The Morgan fingerprint density at radius 1 is 1.80 bits per heavy atom. The predicted octanol–water partition coefficient (Wildman–Crippen LogP) is 0.416. The van der Waals surface area contributed by atoms with E-state index in [1.807, 2.05) is 0 Å². The zero-order valence-electron chi connectivity index (χ0n) is 3.18. The molecule has 0 fully saturated rings. The van der Waals surface area contributed by atoms with Crippen LogP contribution in [-0.4, -0.2) is 10.5 Å². The van der Waals surface area contributed by atoms with E-state index in [0.717, 1.165) is 0 Å². The van der Waals surface area contributed by atoms with Crippen LogP contribution in [0.2, 0.25) is 0 Å². The van der Waals surface area contributed by atoms with Crippen LogP contribution in [0, 0.1) is 0 Å². The van der Waals surface area contributed by atoms with E-state index in [0.29, 0.717) is 0 Å². The normalized spacial score (nSPS) is 12.6. The molecular weight excluding hydrogens is 86.1 g/mol. The minimum Gasteiger partial charge on any atom is -0.383 e. The Bertz CT molecular complexity index is 14.4. The van der Waals surface area contributed by atoms with Crippen molar-refractivity contribution >= 4 is 12.6 Å². The monoisotopic (exact) mass is 95.0 g/mol. The lowest BCUT2D eigenvalue weighted by atomic mass is 10.9. The third-order valence-electron chi connectivity index (χ3n) is 0. The highest BCUT2D eigenvalue weighted by Crippen LogP contribution is 1.78. The second-order valence-electron chi connectivity index (χ2n) is 0.632. The van der Waals surface area contributed by atoms with Crippen molar-refractivity contribution in [3.8, 4) is 0 Å². The van der Waals surface area contributed by atoms with Crippen molar-refractivity contribution in [3.63, 3.8) is 0 Å². The van der Waals surface area contributed by atoms with Gasteiger partial charge in [-0.25, -0.2) is 0 Å². The summed E-state index contributed by atoms with van der Waals surface area (Å²) in [7, 11) is 0. The Morgan fingerprint density at radius 3 is 1.80 bits per heavy atom. The van der Waals surface area contributed by atoms with Crippen LogP contribution in [0.4, 0.5) is 0 Å². The molecular formula is C2H9NOS. The van der Waals surface area contributed by atoms with E-state index in [2.05, 4.69) is 12.6 Å². The fourth-order valence-corrected chi connectivity index (χ4v) is 0. The van der Waals surface area contributed by atoms with Crippen LogP contribution in [0.3, 0.4) is 0 Å². The lowest BCUT2D eigenvalue weighted by Crippen LogP contribution is -1.79. The van der Waals surface area contributed by atoms with Crippen LogP contribution < -0.4 is 6.15 Å². The van der Waals surface area contributed by atoms with E-state index in [1.165, 1.54) is 0 Å². The van der Waals surface area contributed by atoms with E-state index >= 15 is 0 Å². The van der Waals surface area contributed by atoms with E-state index < -0.39 is 5.44 Å². The molecule has 4 N–H and O–H groups in total. The quantitative estimate of drug-likeness (QED) is 0.301. The summed E-state index contributed by atoms with van der Waals surface area (Å²) >= 11 is 3.52. The average molecular weight is 95.2 g/mol. The van der Waals surface area contributed by atoms with Crippen LogP contribution in [-0.2, 0) is 0 Å². The van der Waals surface area contributed by atoms with Gasteiger partial charge in [0, 0.05) is 0 Å². The highest BCUT2D eigenvalue weighted by Gasteiger charge is 1.70. The number of aliphatic hydroxyl groups excluding tert-OH is 1. The van der Waals surface area contributed by atoms with Gasteiger partial charge in [0.1, 0.15) is 0 Å². The van der Waals surface area contributed by atoms with Gasteiger partial charge in [-0.2, -0.15) is 0 Å². The summed E-state index contributed by atoms with van der Waals surface area (Å²) < 4.78 is 0. The Balaban J connectivity index is 0. The van der Waals surface area contributed by atoms with E-state index in [1.54, 1.807) is 6.92 Å². The maximum absolute atomic E-state index is 7.92. The molecule has 0 saturated heterocycles. The van der Waals surface area contributed by atoms with E-state index in [9.17, 15) is 0 Å². The second-order valence-corrected chi connectivity index (χ2v) is 1.38. The minimum absolute atomic E-state index is 0. The molecule has 1 atom stereocenters. The van der Waals surface area contributed by atoms with Gasteiger partial charge < -0.3 is 11.3 Å². The maximum Gasteiger partial charge on any atom is 0.0936 e. The molecule has 34 valence electrons. The van der Waals surface area contributed by atoms with Gasteiger partial charge >= 0.3 is 0 Å². The molecule has 0 saturated carbocycles. The predicted molar refractivity (Wildman–Crippen MR) is 25.7 cm³/mol. The molecule has 0 aliphatic rings. The third-order valence-corrected chi connectivity index (χ3v) is 0. The number of hydrogen-bond donors (Lipinski definition) is 3. The van der Waals surface area contributed by atoms with Gasteiger partial charge in [-0.15, -0.1) is 12.6 Å². The number of aliphatic hydroxyl groups is 1. The molecule has 1 unspecified atom stereocenters. The van der Waals surface area contributed by atoms with Gasteiger partial charge in [0.2, 0.25) is 0 Å². The lowest BCUT2D eigenvalue weighted by Gasteiger charge is -1.79. The Labute approximate surface area is 37.2 Å². The summed E-state index contributed by atoms with van der Waals surface area (Å²) in [6.45, 7) is 1.59. The van der Waals surface area contributed by atoms with Gasteiger partial charge in [0.15, 0.2) is 0 Å². The van der Waals surface area contributed by atoms with Crippen molar-refractivity contribution in [3.05, 3.63) is 0 Å². The zero-order chi connectivity index (χ0) is 3.58. The van der Waals surface area contributed by atoms with Crippen LogP contribution in [0.5, 0.6) is 0 Å². The third kappa shape index (κ3) is 302. The fraction of sp³-hybridized carbons (Fsp3) is 1.00. The largest absolute Gasteiger partial charge is 0.383 e. The zero-order valence-corrected chi connectivity index (χ0v) is 4.07. The molecule has 0 heterocycles. The smallest absolute Gasteiger partial charge is 0.0936 e. The summed E-state index contributed by atoms with van der Waals surface area (Å²) in [6.07, 6.45) is 0. The van der Waals surface area contributed by atoms with Crippen molar-refractivity contribution in [1.29, 1.82) is 0 Å². The molecule has 0 aliphatic heterocycles. The summed E-state index contributed by atoms with van der Waals surface area (Å²) in [5, 5.41) is 7.92. The maximum atomic E-state index is 7.92. The molecule has 0 spiro atoms. The minimum atomic E-state index is -0.472. The summed E-state index contributed by atoms with van der Waals surface area (Å²) in [4.78, 5) is 0. The first-order chi connectivity index (χ1) is 1.73. The molecule has 0 amide bonds. The summed E-state index contributed by atoms with van der Waals surface area (Å²) in [6, 6.07) is 0. The van der Waals surface area contributed by atoms with Gasteiger partial charge in [-0.1, -0.05) is 0 Å². The molecule has 0 bridgehead atoms. The summed E-state index contributed by atoms with van der Waals surface area (Å²) in [5.74, 6) is 0. The highest BCUT2D eigenvalue weighted by atomic mass is 32.1. The average Bonchev–Trinajstić information content (AvgIpc) is 0.811. The fourth-order valence-electron chi connectivity index (χ4n) is 0. The van der Waals surface area contributed by atoms with Crippen LogP contribution >= 0.6 is 12.6 Å². The Morgan fingerprint density at radius 2 is 1.80 bits per heavy atom. The molecule has 0 rings (SSSR count). The molecule has 0 aromatic heterocycles. The SMILES string of the molecule is CC(O)S.N. The number of hydrogen-bond acceptors (Lipinski definition) is 3. The lowest BCUT2D eigenvalue weighted by molar-refractivity contribution is 0.286. The molecule has 0 aromatic rings. The molecule has 0 aliphatic carbocycles. The molecule has 2 nitrogen and oxygen atoms in total. The molecule has 0 radical (unpaired) electrons. The second kappa shape index (κ2) is 4.27. The number of rotatable bonds is 0. The van der Waals surface area contributed by atoms with Gasteiger partial charge in [-0.05, 0) is 6.92 Å². The van der Waals surface area contributed by atoms with Crippen molar-refractivity contribution < 1.29 is 5.11 Å². The van der Waals surface area contributed by atoms with Gasteiger partial charge in [0.25, 0.3) is 0 Å². The van der Waals surface area contributed by atoms with Crippen LogP contribution in [0.25, 0.3) is 0 Å². The topological polar surface area (TPSA) is 55.2 Å². The molecule has 3 heteroatoms. The van der Waals surface area contributed by atoms with Gasteiger partial charge in [0.05, 0.1) is 5.44 Å². The first-order valence-electron chi connectivity index (χ1n) is 1.09. The van der Waals surface area contributed by atoms with Crippen molar-refractivity contribution in [2.75, 3.05) is 0 Å². The first-order valence-corrected chi connectivity index (χ1v) is 1.61. The summed E-state index contributed by atoms with van der Waals surface area (Å²) in [5.41, 5.74) is -0.472. The van der Waals surface area contributed by atoms with E-state index in [-0.39, 0.29) is 6.15 Å². The standard InChI is InChI=1S/C2H6OS.H3N/c1-2(3)4;/h2-4H,1H3;1H3. The van der Waals surface area contributed by atoms with Crippen LogP contribution in [0.1, 0.15) is 6.92 Å². The number of thiol groups is 1. The van der Waals surface area contributed by atoms with E-state index in [4.69, 9.17) is 5.11 Å². The van der Waals surface area contributed by atoms with Crippen molar-refractivity contribution in [2.45, 2.75) is 12.4 Å². The van der Waals surface area contributed by atoms with Crippen molar-refractivity contribution in [2.24, 2.45) is 0 Å². The molecule has 0 aromatic carbocycles. The van der Waals surface area contributed by atoms with Crippen molar-refractivity contribution in [1.82, 2.24) is 6.15 Å². The highest BCUT2D eigenvalue weighted by molar-refractivity contribution is 7.80. The first kappa shape index (κ1) is 8.99. The molecule has 5 heavy (non-hydrogen) atoms. The van der Waals surface area contributed by atoms with Gasteiger partial charge in [-0.3, -0.25) is 0 Å². The Hall–Kier alpha value is 0.270. The Kier molecular flexibility index (Phi) is 7.67. The van der Waals surface area contributed by atoms with Crippen LogP contribution in [0.15, 0.2) is 0 Å².